The van der Waals surface area contributed by atoms with Crippen molar-refractivity contribution < 1.29 is 5.11 Å². The van der Waals surface area contributed by atoms with Gasteiger partial charge in [-0.2, -0.15) is 0 Å². The molecule has 0 saturated carbocycles. The Bertz CT molecular complexity index is 828. The van der Waals surface area contributed by atoms with Crippen LogP contribution in [-0.2, 0) is 12.1 Å². The van der Waals surface area contributed by atoms with E-state index in [0.29, 0.717) is 19.0 Å². The molecule has 0 radical (unpaired) electrons. The van der Waals surface area contributed by atoms with Crippen molar-refractivity contribution >= 4 is 62.7 Å². The lowest BCUT2D eigenvalue weighted by molar-refractivity contribution is 0.0655. The Morgan fingerprint density at radius 2 is 1.96 bits per heavy atom. The molecule has 0 aliphatic heterocycles. The predicted octanol–water partition coefficient (Wildman–Crippen LogP) is 4.15. The highest BCUT2D eigenvalue weighted by molar-refractivity contribution is 14.0. The van der Waals surface area contributed by atoms with E-state index in [1.54, 1.807) is 29.7 Å². The highest BCUT2D eigenvalue weighted by atomic mass is 127. The number of guanidine groups is 1. The minimum absolute atomic E-state index is 0. The highest BCUT2D eigenvalue weighted by Crippen LogP contribution is 2.26. The van der Waals surface area contributed by atoms with Crippen molar-refractivity contribution in [1.82, 2.24) is 10.6 Å². The Kier molecular flexibility index (Phi) is 7.24. The molecule has 0 spiro atoms. The number of fused-ring (bicyclic) bond motifs is 1. The molecule has 1 unspecified atom stereocenters. The van der Waals surface area contributed by atoms with Crippen molar-refractivity contribution in [2.75, 3.05) is 13.6 Å². The van der Waals surface area contributed by atoms with E-state index in [1.165, 1.54) is 15.6 Å². The van der Waals surface area contributed by atoms with Gasteiger partial charge in [0.2, 0.25) is 0 Å². The molecular formula is C18H22IN3OS2. The van der Waals surface area contributed by atoms with E-state index in [4.69, 9.17) is 0 Å². The Hall–Kier alpha value is -1.16. The molecule has 0 bridgehead atoms. The molecule has 2 aromatic heterocycles. The van der Waals surface area contributed by atoms with Gasteiger partial charge in [0.05, 0.1) is 6.54 Å². The molecule has 0 saturated heterocycles. The third-order valence-electron chi connectivity index (χ3n) is 3.88. The number of hydrogen-bond donors (Lipinski definition) is 3. The molecule has 134 valence electrons. The number of benzene rings is 1. The number of hydrogen-bond acceptors (Lipinski definition) is 4. The van der Waals surface area contributed by atoms with Gasteiger partial charge in [0, 0.05) is 23.2 Å². The lowest BCUT2D eigenvalue weighted by Gasteiger charge is -2.23. The molecular weight excluding hydrogens is 465 g/mol. The number of aliphatic hydroxyl groups is 1. The van der Waals surface area contributed by atoms with Gasteiger partial charge in [-0.3, -0.25) is 4.99 Å². The van der Waals surface area contributed by atoms with Crippen LogP contribution < -0.4 is 10.6 Å². The van der Waals surface area contributed by atoms with Gasteiger partial charge in [-0.1, -0.05) is 24.3 Å². The van der Waals surface area contributed by atoms with E-state index < -0.39 is 5.60 Å². The van der Waals surface area contributed by atoms with E-state index in [-0.39, 0.29) is 24.0 Å². The highest BCUT2D eigenvalue weighted by Gasteiger charge is 2.24. The molecule has 0 fully saturated rings. The van der Waals surface area contributed by atoms with Crippen molar-refractivity contribution in [1.29, 1.82) is 0 Å². The Morgan fingerprint density at radius 3 is 2.68 bits per heavy atom. The summed E-state index contributed by atoms with van der Waals surface area (Å²) in [6.07, 6.45) is 0. The lowest BCUT2D eigenvalue weighted by Crippen LogP contribution is -2.44. The minimum Gasteiger partial charge on any atom is -0.383 e. The summed E-state index contributed by atoms with van der Waals surface area (Å²) in [5.74, 6) is 0.683. The number of rotatable bonds is 5. The first-order valence-electron chi connectivity index (χ1n) is 7.76. The van der Waals surface area contributed by atoms with Gasteiger partial charge in [0.1, 0.15) is 5.60 Å². The fraction of sp³-hybridized carbons (Fsp3) is 0.278. The Labute approximate surface area is 173 Å². The zero-order valence-corrected chi connectivity index (χ0v) is 18.1. The van der Waals surface area contributed by atoms with Gasteiger partial charge >= 0.3 is 0 Å². The van der Waals surface area contributed by atoms with Crippen molar-refractivity contribution in [2.24, 2.45) is 4.99 Å². The number of nitrogens with zero attached hydrogens (tertiary/aromatic N) is 1. The van der Waals surface area contributed by atoms with Gasteiger partial charge in [0.25, 0.3) is 0 Å². The van der Waals surface area contributed by atoms with Crippen LogP contribution in [0.5, 0.6) is 0 Å². The second-order valence-corrected chi connectivity index (χ2v) is 7.65. The van der Waals surface area contributed by atoms with Crippen LogP contribution in [0.3, 0.4) is 0 Å². The monoisotopic (exact) mass is 487 g/mol. The predicted molar refractivity (Wildman–Crippen MR) is 119 cm³/mol. The molecule has 0 aliphatic rings. The Morgan fingerprint density at radius 1 is 1.16 bits per heavy atom. The van der Waals surface area contributed by atoms with Gasteiger partial charge in [-0.15, -0.1) is 46.7 Å². The summed E-state index contributed by atoms with van der Waals surface area (Å²) in [6, 6.07) is 12.3. The average molecular weight is 487 g/mol. The van der Waals surface area contributed by atoms with E-state index in [2.05, 4.69) is 45.3 Å². The normalized spacial score (nSPS) is 14.0. The van der Waals surface area contributed by atoms with Crippen LogP contribution in [0.2, 0.25) is 0 Å². The van der Waals surface area contributed by atoms with E-state index in [0.717, 1.165) is 4.88 Å². The lowest BCUT2D eigenvalue weighted by atomic mass is 10.1. The van der Waals surface area contributed by atoms with Crippen molar-refractivity contribution in [3.8, 4) is 0 Å². The molecule has 1 atom stereocenters. The van der Waals surface area contributed by atoms with Gasteiger partial charge in [0.15, 0.2) is 5.96 Å². The second-order valence-electron chi connectivity index (χ2n) is 5.79. The summed E-state index contributed by atoms with van der Waals surface area (Å²) in [4.78, 5) is 5.18. The number of halogens is 1. The van der Waals surface area contributed by atoms with Crippen molar-refractivity contribution in [2.45, 2.75) is 19.1 Å². The van der Waals surface area contributed by atoms with Crippen LogP contribution in [0.25, 0.3) is 10.1 Å². The second kappa shape index (κ2) is 8.98. The maximum Gasteiger partial charge on any atom is 0.191 e. The van der Waals surface area contributed by atoms with Gasteiger partial charge in [-0.05, 0) is 40.8 Å². The number of aliphatic imine (C=N–C) groups is 1. The number of thiophene rings is 2. The van der Waals surface area contributed by atoms with Crippen LogP contribution >= 0.6 is 46.7 Å². The molecule has 3 N–H and O–H groups in total. The Balaban J connectivity index is 0.00000225. The third kappa shape index (κ3) is 4.93. The molecule has 4 nitrogen and oxygen atoms in total. The maximum absolute atomic E-state index is 10.6. The van der Waals surface area contributed by atoms with Crippen molar-refractivity contribution in [3.05, 3.63) is 57.6 Å². The van der Waals surface area contributed by atoms with E-state index >= 15 is 0 Å². The first-order valence-corrected chi connectivity index (χ1v) is 9.52. The fourth-order valence-corrected chi connectivity index (χ4v) is 4.25. The average Bonchev–Trinajstić information content (AvgIpc) is 3.25. The molecule has 3 aromatic rings. The third-order valence-corrected chi connectivity index (χ3v) is 6.02. The smallest absolute Gasteiger partial charge is 0.191 e. The topological polar surface area (TPSA) is 56.7 Å². The molecule has 1 aromatic carbocycles. The SMILES string of the molecule is CN=C(NCc1csc2ccccc12)NCC(C)(O)c1cccs1.I. The largest absolute Gasteiger partial charge is 0.383 e. The minimum atomic E-state index is -0.916. The molecule has 2 heterocycles. The van der Waals surface area contributed by atoms with Crippen molar-refractivity contribution in [3.63, 3.8) is 0 Å². The zero-order valence-electron chi connectivity index (χ0n) is 14.2. The zero-order chi connectivity index (χ0) is 17.0. The van der Waals surface area contributed by atoms with Crippen LogP contribution in [0, 0.1) is 0 Å². The molecule has 0 amide bonds. The molecule has 3 rings (SSSR count). The first kappa shape index (κ1) is 20.2. The quantitative estimate of drug-likeness (QED) is 0.288. The summed E-state index contributed by atoms with van der Waals surface area (Å²) in [6.45, 7) is 2.91. The number of nitrogens with one attached hydrogen (secondary N) is 2. The van der Waals surface area contributed by atoms with Gasteiger partial charge in [-0.25, -0.2) is 0 Å². The van der Waals surface area contributed by atoms with E-state index in [9.17, 15) is 5.11 Å². The summed E-state index contributed by atoms with van der Waals surface area (Å²) in [5.41, 5.74) is 0.337. The summed E-state index contributed by atoms with van der Waals surface area (Å²) < 4.78 is 1.29. The van der Waals surface area contributed by atoms with E-state index in [1.807, 2.05) is 24.4 Å². The first-order chi connectivity index (χ1) is 11.6. The molecule has 0 aliphatic carbocycles. The standard InChI is InChI=1S/C18H21N3OS2.HI/c1-18(22,16-8-5-9-23-16)12-21-17(19-2)20-10-13-11-24-15-7-4-3-6-14(13)15;/h3-9,11,22H,10,12H2,1-2H3,(H2,19,20,21);1H. The van der Waals surface area contributed by atoms with Gasteiger partial charge < -0.3 is 15.7 Å². The van der Waals surface area contributed by atoms with Crippen LogP contribution in [0.4, 0.5) is 0 Å². The summed E-state index contributed by atoms with van der Waals surface area (Å²) in [5, 5.41) is 22.5. The molecule has 7 heteroatoms. The van der Waals surface area contributed by atoms with Crippen LogP contribution in [0.15, 0.2) is 52.2 Å². The molecule has 25 heavy (non-hydrogen) atoms. The summed E-state index contributed by atoms with van der Waals surface area (Å²) in [7, 11) is 1.74. The fourth-order valence-electron chi connectivity index (χ4n) is 2.50. The maximum atomic E-state index is 10.6. The van der Waals surface area contributed by atoms with Crippen LogP contribution in [-0.4, -0.2) is 24.7 Å². The summed E-state index contributed by atoms with van der Waals surface area (Å²) >= 11 is 3.30. The van der Waals surface area contributed by atoms with Crippen LogP contribution in [0.1, 0.15) is 17.4 Å².